The summed E-state index contributed by atoms with van der Waals surface area (Å²) in [5.74, 6) is -0.141. The smallest absolute Gasteiger partial charge is 0.306 e. The molecule has 0 saturated carbocycles. The number of methoxy groups -OCH3 is 1. The standard InChI is InChI=1S/C11H22N2O2/c1-9-6-11(8-12,4-5-13(9)2)7-10(14)15-3/h9H,4-8,12H2,1-3H3. The molecule has 0 aliphatic carbocycles. The van der Waals surface area contributed by atoms with E-state index in [1.54, 1.807) is 0 Å². The van der Waals surface area contributed by atoms with Crippen LogP contribution >= 0.6 is 0 Å². The highest BCUT2D eigenvalue weighted by Gasteiger charge is 2.37. The highest BCUT2D eigenvalue weighted by molar-refractivity contribution is 5.70. The van der Waals surface area contributed by atoms with E-state index in [0.29, 0.717) is 19.0 Å². The van der Waals surface area contributed by atoms with Gasteiger partial charge in [-0.05, 0) is 45.3 Å². The molecular formula is C11H22N2O2. The average Bonchev–Trinajstić information content (AvgIpc) is 2.23. The van der Waals surface area contributed by atoms with Crippen molar-refractivity contribution in [2.45, 2.75) is 32.2 Å². The Hall–Kier alpha value is -0.610. The summed E-state index contributed by atoms with van der Waals surface area (Å²) in [5, 5.41) is 0. The lowest BCUT2D eigenvalue weighted by Crippen LogP contribution is -2.47. The summed E-state index contributed by atoms with van der Waals surface area (Å²) >= 11 is 0. The van der Waals surface area contributed by atoms with E-state index in [4.69, 9.17) is 10.5 Å². The van der Waals surface area contributed by atoms with E-state index in [-0.39, 0.29) is 11.4 Å². The molecule has 0 radical (unpaired) electrons. The lowest BCUT2D eigenvalue weighted by Gasteiger charge is -2.43. The van der Waals surface area contributed by atoms with Gasteiger partial charge in [-0.1, -0.05) is 0 Å². The Bertz CT molecular complexity index is 233. The molecule has 1 fully saturated rings. The largest absolute Gasteiger partial charge is 0.469 e. The highest BCUT2D eigenvalue weighted by Crippen LogP contribution is 2.36. The molecule has 0 spiro atoms. The molecule has 1 heterocycles. The Balaban J connectivity index is 2.65. The number of carbonyl (C=O) groups is 1. The molecule has 0 bridgehead atoms. The van der Waals surface area contributed by atoms with Crippen LogP contribution in [0.1, 0.15) is 26.2 Å². The number of ether oxygens (including phenoxy) is 1. The van der Waals surface area contributed by atoms with E-state index in [1.807, 2.05) is 0 Å². The Morgan fingerprint density at radius 1 is 1.67 bits per heavy atom. The van der Waals surface area contributed by atoms with Crippen LogP contribution in [-0.4, -0.2) is 44.2 Å². The summed E-state index contributed by atoms with van der Waals surface area (Å²) in [6.07, 6.45) is 2.42. The highest BCUT2D eigenvalue weighted by atomic mass is 16.5. The van der Waals surface area contributed by atoms with E-state index in [1.165, 1.54) is 7.11 Å². The fourth-order valence-corrected chi connectivity index (χ4v) is 2.31. The van der Waals surface area contributed by atoms with Gasteiger partial charge in [0.2, 0.25) is 0 Å². The van der Waals surface area contributed by atoms with Crippen molar-refractivity contribution in [2.24, 2.45) is 11.1 Å². The number of hydrogen-bond acceptors (Lipinski definition) is 4. The van der Waals surface area contributed by atoms with Crippen LogP contribution in [0.3, 0.4) is 0 Å². The molecule has 1 aliphatic heterocycles. The van der Waals surface area contributed by atoms with Crippen molar-refractivity contribution in [1.29, 1.82) is 0 Å². The zero-order valence-electron chi connectivity index (χ0n) is 9.95. The first-order valence-electron chi connectivity index (χ1n) is 5.50. The van der Waals surface area contributed by atoms with Gasteiger partial charge in [-0.2, -0.15) is 0 Å². The topological polar surface area (TPSA) is 55.6 Å². The third kappa shape index (κ3) is 2.92. The molecule has 2 N–H and O–H groups in total. The van der Waals surface area contributed by atoms with Gasteiger partial charge in [-0.25, -0.2) is 0 Å². The van der Waals surface area contributed by atoms with Crippen LogP contribution in [0.4, 0.5) is 0 Å². The zero-order chi connectivity index (χ0) is 11.5. The molecule has 2 unspecified atom stereocenters. The van der Waals surface area contributed by atoms with Crippen LogP contribution in [0.25, 0.3) is 0 Å². The van der Waals surface area contributed by atoms with Crippen LogP contribution in [0.2, 0.25) is 0 Å². The predicted octanol–water partition coefficient (Wildman–Crippen LogP) is 0.609. The Morgan fingerprint density at radius 2 is 2.33 bits per heavy atom. The molecule has 4 heteroatoms. The van der Waals surface area contributed by atoms with E-state index in [2.05, 4.69) is 18.9 Å². The fourth-order valence-electron chi connectivity index (χ4n) is 2.31. The normalized spacial score (nSPS) is 32.7. The van der Waals surface area contributed by atoms with Crippen molar-refractivity contribution in [3.63, 3.8) is 0 Å². The van der Waals surface area contributed by atoms with Crippen molar-refractivity contribution >= 4 is 5.97 Å². The molecule has 0 aromatic rings. The minimum absolute atomic E-state index is 0.0426. The summed E-state index contributed by atoms with van der Waals surface area (Å²) in [4.78, 5) is 13.7. The van der Waals surface area contributed by atoms with Crippen LogP contribution < -0.4 is 5.73 Å². The van der Waals surface area contributed by atoms with Gasteiger partial charge in [0.25, 0.3) is 0 Å². The van der Waals surface area contributed by atoms with Gasteiger partial charge in [0, 0.05) is 6.04 Å². The second-order valence-electron chi connectivity index (χ2n) is 4.74. The molecule has 2 atom stereocenters. The maximum absolute atomic E-state index is 11.3. The number of likely N-dealkylation sites (tertiary alicyclic amines) is 1. The summed E-state index contributed by atoms with van der Waals surface area (Å²) in [7, 11) is 3.55. The molecule has 15 heavy (non-hydrogen) atoms. The van der Waals surface area contributed by atoms with Gasteiger partial charge >= 0.3 is 5.97 Å². The van der Waals surface area contributed by atoms with Crippen molar-refractivity contribution < 1.29 is 9.53 Å². The van der Waals surface area contributed by atoms with Gasteiger partial charge in [0.1, 0.15) is 0 Å². The van der Waals surface area contributed by atoms with Gasteiger partial charge in [-0.3, -0.25) is 4.79 Å². The van der Waals surface area contributed by atoms with E-state index in [9.17, 15) is 4.79 Å². The van der Waals surface area contributed by atoms with Crippen LogP contribution in [0.5, 0.6) is 0 Å². The minimum atomic E-state index is -0.141. The molecule has 1 rings (SSSR count). The SMILES string of the molecule is COC(=O)CC1(CN)CCN(C)C(C)C1. The fraction of sp³-hybridized carbons (Fsp3) is 0.909. The lowest BCUT2D eigenvalue weighted by atomic mass is 9.73. The zero-order valence-corrected chi connectivity index (χ0v) is 9.95. The molecule has 0 aromatic heterocycles. The van der Waals surface area contributed by atoms with Crippen molar-refractivity contribution in [3.05, 3.63) is 0 Å². The number of rotatable bonds is 3. The quantitative estimate of drug-likeness (QED) is 0.699. The number of hydrogen-bond donors (Lipinski definition) is 1. The molecule has 4 nitrogen and oxygen atoms in total. The second kappa shape index (κ2) is 4.94. The summed E-state index contributed by atoms with van der Waals surface area (Å²) in [6.45, 7) is 3.76. The van der Waals surface area contributed by atoms with Gasteiger partial charge < -0.3 is 15.4 Å². The first-order chi connectivity index (χ1) is 7.03. The number of carbonyl (C=O) groups excluding carboxylic acids is 1. The van der Waals surface area contributed by atoms with Gasteiger partial charge in [-0.15, -0.1) is 0 Å². The predicted molar refractivity (Wildman–Crippen MR) is 59.4 cm³/mol. The third-order valence-electron chi connectivity index (χ3n) is 3.66. The molecule has 1 aliphatic rings. The van der Waals surface area contributed by atoms with Crippen molar-refractivity contribution in [2.75, 3.05) is 27.2 Å². The van der Waals surface area contributed by atoms with Crippen LogP contribution in [0, 0.1) is 5.41 Å². The second-order valence-corrected chi connectivity index (χ2v) is 4.74. The van der Waals surface area contributed by atoms with Gasteiger partial charge in [0.15, 0.2) is 0 Å². The summed E-state index contributed by atoms with van der Waals surface area (Å²) < 4.78 is 4.73. The van der Waals surface area contributed by atoms with Gasteiger partial charge in [0.05, 0.1) is 13.5 Å². The first kappa shape index (κ1) is 12.5. The number of nitrogens with zero attached hydrogens (tertiary/aromatic N) is 1. The summed E-state index contributed by atoms with van der Waals surface area (Å²) in [5.41, 5.74) is 5.78. The Morgan fingerprint density at radius 3 is 2.80 bits per heavy atom. The number of esters is 1. The third-order valence-corrected chi connectivity index (χ3v) is 3.66. The van der Waals surface area contributed by atoms with Crippen molar-refractivity contribution in [1.82, 2.24) is 4.90 Å². The minimum Gasteiger partial charge on any atom is -0.469 e. The summed E-state index contributed by atoms with van der Waals surface area (Å²) in [6, 6.07) is 0.493. The first-order valence-corrected chi connectivity index (χ1v) is 5.50. The molecule has 1 saturated heterocycles. The lowest BCUT2D eigenvalue weighted by molar-refractivity contribution is -0.144. The van der Waals surface area contributed by atoms with E-state index in [0.717, 1.165) is 19.4 Å². The molecule has 0 aromatic carbocycles. The van der Waals surface area contributed by atoms with Crippen molar-refractivity contribution in [3.8, 4) is 0 Å². The average molecular weight is 214 g/mol. The van der Waals surface area contributed by atoms with Crippen LogP contribution in [0.15, 0.2) is 0 Å². The molecule has 0 amide bonds. The van der Waals surface area contributed by atoms with Crippen LogP contribution in [-0.2, 0) is 9.53 Å². The Kier molecular flexibility index (Phi) is 4.11. The maximum atomic E-state index is 11.3. The van der Waals surface area contributed by atoms with E-state index < -0.39 is 0 Å². The number of piperidine rings is 1. The molecular weight excluding hydrogens is 192 g/mol. The molecule has 88 valence electrons. The maximum Gasteiger partial charge on any atom is 0.306 e. The Labute approximate surface area is 91.8 Å². The number of nitrogens with two attached hydrogens (primary N) is 1. The monoisotopic (exact) mass is 214 g/mol. The van der Waals surface area contributed by atoms with E-state index >= 15 is 0 Å².